The number of rotatable bonds is 8. The molecule has 0 aliphatic rings. The highest BCUT2D eigenvalue weighted by Gasteiger charge is 2.21. The molecule has 2 aromatic carbocycles. The number of aromatic nitrogens is 1. The van der Waals surface area contributed by atoms with E-state index in [1.54, 1.807) is 62.6 Å². The van der Waals surface area contributed by atoms with Crippen molar-refractivity contribution in [2.24, 2.45) is 5.73 Å². The molecule has 0 bridgehead atoms. The number of benzene rings is 2. The minimum absolute atomic E-state index is 0.0962. The zero-order valence-electron chi connectivity index (χ0n) is 18.5. The Morgan fingerprint density at radius 1 is 1.12 bits per heavy atom. The van der Waals surface area contributed by atoms with Crippen molar-refractivity contribution < 1.29 is 18.4 Å². The van der Waals surface area contributed by atoms with E-state index < -0.39 is 16.1 Å². The predicted octanol–water partition coefficient (Wildman–Crippen LogP) is 3.20. The standard InChI is InChI=1S/C23H25N5O4S/c1-28(2)23(30)16-7-9-17(10-8-16)27-21-12-20(19(14-26-21)22(24)29)25-13-15-5-4-6-18(11-15)33(3,31)32/h4-12,14H,13H2,1-3H3,(H4-,24,25,26,27,29,30,31,32)/p+1. The minimum atomic E-state index is -3.08. The third-order valence-electron chi connectivity index (χ3n) is 4.80. The first-order valence-corrected chi connectivity index (χ1v) is 11.9. The maximum absolute atomic E-state index is 12.0. The lowest BCUT2D eigenvalue weighted by Gasteiger charge is -2.14. The van der Waals surface area contributed by atoms with Crippen molar-refractivity contribution in [3.8, 4) is 0 Å². The molecule has 10 heteroatoms. The summed E-state index contributed by atoms with van der Waals surface area (Å²) in [5, 5.41) is 6.28. The van der Waals surface area contributed by atoms with E-state index in [-0.39, 0.29) is 11.5 Å². The van der Waals surface area contributed by atoms with Gasteiger partial charge in [0, 0.05) is 50.2 Å². The van der Waals surface area contributed by atoms with Crippen molar-refractivity contribution in [2.75, 3.05) is 31.0 Å². The third kappa shape index (κ3) is 6.15. The van der Waals surface area contributed by atoms with Gasteiger partial charge in [-0.3, -0.25) is 9.59 Å². The minimum Gasteiger partial charge on any atom is -0.380 e. The van der Waals surface area contributed by atoms with Gasteiger partial charge in [-0.25, -0.2) is 4.98 Å². The number of pyridine rings is 1. The quantitative estimate of drug-likeness (QED) is 0.373. The van der Waals surface area contributed by atoms with E-state index in [0.717, 1.165) is 5.56 Å². The Hall–Kier alpha value is -3.76. The van der Waals surface area contributed by atoms with Crippen molar-refractivity contribution in [2.45, 2.75) is 11.4 Å². The number of amides is 2. The fourth-order valence-electron chi connectivity index (χ4n) is 3.06. The summed E-state index contributed by atoms with van der Waals surface area (Å²) in [5.41, 5.74) is 8.20. The van der Waals surface area contributed by atoms with Gasteiger partial charge >= 0.3 is 0 Å². The Kier molecular flexibility index (Phi) is 7.10. The fraction of sp³-hybridized carbons (Fsp3) is 0.174. The second kappa shape index (κ2) is 9.80. The van der Waals surface area contributed by atoms with Crippen LogP contribution < -0.4 is 16.4 Å². The highest BCUT2D eigenvalue weighted by atomic mass is 32.3. The van der Waals surface area contributed by atoms with Gasteiger partial charge in [-0.15, -0.1) is 0 Å². The van der Waals surface area contributed by atoms with Crippen molar-refractivity contribution in [3.63, 3.8) is 0 Å². The predicted molar refractivity (Wildman–Crippen MR) is 129 cm³/mol. The second-order valence-corrected chi connectivity index (χ2v) is 9.76. The van der Waals surface area contributed by atoms with Gasteiger partial charge in [0.2, 0.25) is 10.2 Å². The van der Waals surface area contributed by atoms with Crippen molar-refractivity contribution in [3.05, 3.63) is 77.5 Å². The molecule has 0 radical (unpaired) electrons. The molecule has 33 heavy (non-hydrogen) atoms. The number of carbonyl (C=O) groups excluding carboxylic acids is 2. The van der Waals surface area contributed by atoms with Crippen LogP contribution in [0.5, 0.6) is 0 Å². The highest BCUT2D eigenvalue weighted by Crippen LogP contribution is 2.23. The van der Waals surface area contributed by atoms with E-state index in [2.05, 4.69) is 15.6 Å². The molecular weight excluding hydrogens is 442 g/mol. The van der Waals surface area contributed by atoms with Crippen LogP contribution in [0.1, 0.15) is 26.3 Å². The maximum Gasteiger partial charge on any atom is 0.253 e. The molecule has 0 spiro atoms. The first-order chi connectivity index (χ1) is 15.5. The third-order valence-corrected chi connectivity index (χ3v) is 5.93. The van der Waals surface area contributed by atoms with Crippen molar-refractivity contribution in [1.29, 1.82) is 0 Å². The molecular formula is C23H26N5O4S+. The lowest BCUT2D eigenvalue weighted by Crippen LogP contribution is -2.21. The fourth-order valence-corrected chi connectivity index (χ4v) is 3.76. The number of carbonyl (C=O) groups is 2. The smallest absolute Gasteiger partial charge is 0.253 e. The van der Waals surface area contributed by atoms with Gasteiger partial charge in [0.05, 0.1) is 11.3 Å². The summed E-state index contributed by atoms with van der Waals surface area (Å²) in [5.74, 6) is -0.264. The van der Waals surface area contributed by atoms with Gasteiger partial charge in [0.1, 0.15) is 12.1 Å². The van der Waals surface area contributed by atoms with E-state index >= 15 is 0 Å². The van der Waals surface area contributed by atoms with Crippen LogP contribution in [0.2, 0.25) is 0 Å². The average Bonchev–Trinajstić information content (AvgIpc) is 2.77. The molecule has 0 aliphatic carbocycles. The summed E-state index contributed by atoms with van der Waals surface area (Å²) >= 11 is 0. The van der Waals surface area contributed by atoms with Gasteiger partial charge in [-0.1, -0.05) is 16.3 Å². The lowest BCUT2D eigenvalue weighted by atomic mass is 10.1. The molecule has 0 aliphatic heterocycles. The Morgan fingerprint density at radius 3 is 2.42 bits per heavy atom. The number of primary amides is 1. The molecule has 0 fully saturated rings. The normalized spacial score (nSPS) is 12.5. The summed E-state index contributed by atoms with van der Waals surface area (Å²) < 4.78 is 21.7. The summed E-state index contributed by atoms with van der Waals surface area (Å²) in [6, 6.07) is 15.3. The first-order valence-electron chi connectivity index (χ1n) is 9.97. The molecule has 0 saturated heterocycles. The van der Waals surface area contributed by atoms with Gasteiger partial charge in [-0.05, 0) is 35.9 Å². The number of hydrogen-bond donors (Lipinski definition) is 4. The van der Waals surface area contributed by atoms with Crippen LogP contribution in [0, 0.1) is 0 Å². The SMILES string of the molecule is CN(C)C(=O)c1ccc(Nc2cc(NCc3cccc([S+](C)(=O)O)c3)c(C(N)=O)cn2)cc1. The van der Waals surface area contributed by atoms with Gasteiger partial charge < -0.3 is 21.3 Å². The highest BCUT2D eigenvalue weighted by molar-refractivity contribution is 7.97. The molecule has 2 amide bonds. The lowest BCUT2D eigenvalue weighted by molar-refractivity contribution is 0.0827. The average molecular weight is 469 g/mol. The van der Waals surface area contributed by atoms with Crippen molar-refractivity contribution in [1.82, 2.24) is 9.88 Å². The maximum atomic E-state index is 12.0. The summed E-state index contributed by atoms with van der Waals surface area (Å²) in [7, 11) is 0.296. The van der Waals surface area contributed by atoms with Crippen LogP contribution in [0.4, 0.5) is 17.2 Å². The Labute approximate surface area is 193 Å². The molecule has 3 aromatic rings. The van der Waals surface area contributed by atoms with Gasteiger partial charge in [0.15, 0.2) is 4.90 Å². The van der Waals surface area contributed by atoms with Crippen LogP contribution in [-0.4, -0.2) is 46.6 Å². The topological polar surface area (TPSA) is 138 Å². The number of nitrogens with two attached hydrogens (primary N) is 1. The molecule has 5 N–H and O–H groups in total. The zero-order valence-corrected chi connectivity index (χ0v) is 19.3. The van der Waals surface area contributed by atoms with Gasteiger partial charge in [0.25, 0.3) is 11.8 Å². The second-order valence-electron chi connectivity index (χ2n) is 7.68. The number of hydrogen-bond acceptors (Lipinski definition) is 6. The molecule has 1 heterocycles. The van der Waals surface area contributed by atoms with E-state index in [9.17, 15) is 18.4 Å². The Morgan fingerprint density at radius 2 is 1.82 bits per heavy atom. The Bertz CT molecular complexity index is 1220. The Balaban J connectivity index is 1.79. The summed E-state index contributed by atoms with van der Waals surface area (Å²) in [6.07, 6.45) is 2.63. The number of anilines is 3. The zero-order chi connectivity index (χ0) is 24.2. The summed E-state index contributed by atoms with van der Waals surface area (Å²) in [4.78, 5) is 30.0. The van der Waals surface area contributed by atoms with Crippen LogP contribution in [0.15, 0.2) is 65.7 Å². The first kappa shape index (κ1) is 23.9. The van der Waals surface area contributed by atoms with Crippen molar-refractivity contribution >= 4 is 39.2 Å². The monoisotopic (exact) mass is 468 g/mol. The number of nitrogens with zero attached hydrogens (tertiary/aromatic N) is 2. The molecule has 1 aromatic heterocycles. The summed E-state index contributed by atoms with van der Waals surface area (Å²) in [6.45, 7) is 0.300. The van der Waals surface area contributed by atoms with Gasteiger partial charge in [-0.2, -0.15) is 4.55 Å². The molecule has 3 rings (SSSR count). The molecule has 1 unspecified atom stereocenters. The molecule has 0 saturated carbocycles. The molecule has 9 nitrogen and oxygen atoms in total. The van der Waals surface area contributed by atoms with E-state index in [1.165, 1.54) is 17.4 Å². The van der Waals surface area contributed by atoms with Crippen LogP contribution in [-0.2, 0) is 21.0 Å². The van der Waals surface area contributed by atoms with E-state index in [4.69, 9.17) is 5.73 Å². The number of nitrogens with one attached hydrogen (secondary N) is 2. The van der Waals surface area contributed by atoms with E-state index in [0.29, 0.717) is 34.2 Å². The van der Waals surface area contributed by atoms with Crippen LogP contribution in [0.25, 0.3) is 0 Å². The molecule has 172 valence electrons. The molecule has 1 atom stereocenters. The van der Waals surface area contributed by atoms with Crippen LogP contribution in [0.3, 0.4) is 0 Å². The largest absolute Gasteiger partial charge is 0.380 e. The van der Waals surface area contributed by atoms with Crippen LogP contribution >= 0.6 is 0 Å². The van der Waals surface area contributed by atoms with E-state index in [1.807, 2.05) is 6.07 Å².